The Morgan fingerprint density at radius 2 is 1.72 bits per heavy atom. The average Bonchev–Trinajstić information content (AvgIpc) is 2.64. The second kappa shape index (κ2) is 7.44. The number of anilines is 3. The molecule has 0 atom stereocenters. The second-order valence-corrected chi connectivity index (χ2v) is 5.43. The maximum absolute atomic E-state index is 12.3. The molecule has 3 rings (SSSR count). The predicted octanol–water partition coefficient (Wildman–Crippen LogP) is 3.79. The van der Waals surface area contributed by atoms with Gasteiger partial charge in [-0.15, -0.1) is 10.2 Å². The van der Waals surface area contributed by atoms with Crippen molar-refractivity contribution in [1.82, 2.24) is 10.2 Å². The van der Waals surface area contributed by atoms with Crippen molar-refractivity contribution in [3.63, 3.8) is 0 Å². The Labute approximate surface area is 145 Å². The summed E-state index contributed by atoms with van der Waals surface area (Å²) < 4.78 is 5.18. The van der Waals surface area contributed by atoms with Crippen LogP contribution in [0, 0.1) is 6.92 Å². The molecular weight excluding hydrogens is 316 g/mol. The van der Waals surface area contributed by atoms with E-state index < -0.39 is 0 Å². The number of aryl methyl sites for hydroxylation is 1. The lowest BCUT2D eigenvalue weighted by molar-refractivity contribution is 0.102. The zero-order valence-corrected chi connectivity index (χ0v) is 14.0. The molecule has 6 nitrogen and oxygen atoms in total. The molecule has 0 saturated heterocycles. The Morgan fingerprint density at radius 1 is 0.960 bits per heavy atom. The van der Waals surface area contributed by atoms with E-state index in [2.05, 4.69) is 20.8 Å². The minimum Gasteiger partial charge on any atom is -0.497 e. The number of nitrogens with zero attached hydrogens (tertiary/aromatic N) is 2. The number of amides is 1. The van der Waals surface area contributed by atoms with E-state index in [4.69, 9.17) is 4.74 Å². The Balaban J connectivity index is 1.68. The molecule has 0 fully saturated rings. The molecule has 1 heterocycles. The van der Waals surface area contributed by atoms with E-state index in [1.54, 1.807) is 25.3 Å². The summed E-state index contributed by atoms with van der Waals surface area (Å²) in [5.74, 6) is 1.51. The van der Waals surface area contributed by atoms with Crippen molar-refractivity contribution >= 4 is 23.2 Å². The molecule has 0 aliphatic rings. The van der Waals surface area contributed by atoms with Crippen molar-refractivity contribution in [2.75, 3.05) is 17.7 Å². The Bertz CT molecular complexity index is 879. The standard InChI is InChI=1S/C19H18N4O2/c1-13-6-3-4-9-16(13)19(24)21-18-11-10-17(22-23-18)20-14-7-5-8-15(12-14)25-2/h3-12H,1-2H3,(H,20,22)(H,21,23,24). The molecule has 0 radical (unpaired) electrons. The second-order valence-electron chi connectivity index (χ2n) is 5.43. The first-order valence-electron chi connectivity index (χ1n) is 7.77. The van der Waals surface area contributed by atoms with Crippen molar-refractivity contribution < 1.29 is 9.53 Å². The third-order valence-electron chi connectivity index (χ3n) is 3.64. The lowest BCUT2D eigenvalue weighted by atomic mass is 10.1. The highest BCUT2D eigenvalue weighted by atomic mass is 16.5. The lowest BCUT2D eigenvalue weighted by Gasteiger charge is -2.08. The largest absolute Gasteiger partial charge is 0.497 e. The van der Waals surface area contributed by atoms with Gasteiger partial charge in [-0.1, -0.05) is 24.3 Å². The van der Waals surface area contributed by atoms with Gasteiger partial charge in [-0.2, -0.15) is 0 Å². The highest BCUT2D eigenvalue weighted by Gasteiger charge is 2.09. The molecule has 1 amide bonds. The summed E-state index contributed by atoms with van der Waals surface area (Å²) in [6.45, 7) is 1.89. The minimum absolute atomic E-state index is 0.207. The lowest BCUT2D eigenvalue weighted by Crippen LogP contribution is -2.14. The molecule has 6 heteroatoms. The van der Waals surface area contributed by atoms with Gasteiger partial charge in [-0.3, -0.25) is 4.79 Å². The monoisotopic (exact) mass is 334 g/mol. The first-order chi connectivity index (χ1) is 12.2. The van der Waals surface area contributed by atoms with Crippen LogP contribution >= 0.6 is 0 Å². The van der Waals surface area contributed by atoms with Crippen LogP contribution in [0.25, 0.3) is 0 Å². The minimum atomic E-state index is -0.207. The maximum Gasteiger partial charge on any atom is 0.257 e. The quantitative estimate of drug-likeness (QED) is 0.742. The summed E-state index contributed by atoms with van der Waals surface area (Å²) in [6, 6.07) is 18.3. The summed E-state index contributed by atoms with van der Waals surface area (Å²) in [6.07, 6.45) is 0. The number of hydrogen-bond acceptors (Lipinski definition) is 5. The van der Waals surface area contributed by atoms with Crippen molar-refractivity contribution in [2.45, 2.75) is 6.92 Å². The molecular formula is C19H18N4O2. The number of methoxy groups -OCH3 is 1. The van der Waals surface area contributed by atoms with E-state index in [1.165, 1.54) is 0 Å². The van der Waals surface area contributed by atoms with Gasteiger partial charge in [-0.05, 0) is 42.8 Å². The first-order valence-corrected chi connectivity index (χ1v) is 7.77. The van der Waals surface area contributed by atoms with E-state index in [0.29, 0.717) is 17.2 Å². The fraction of sp³-hybridized carbons (Fsp3) is 0.105. The van der Waals surface area contributed by atoms with Crippen molar-refractivity contribution in [2.24, 2.45) is 0 Å². The topological polar surface area (TPSA) is 76.1 Å². The summed E-state index contributed by atoms with van der Waals surface area (Å²) in [4.78, 5) is 12.3. The third-order valence-corrected chi connectivity index (χ3v) is 3.64. The highest BCUT2D eigenvalue weighted by Crippen LogP contribution is 2.20. The number of ether oxygens (including phenoxy) is 1. The van der Waals surface area contributed by atoms with Crippen LogP contribution in [-0.2, 0) is 0 Å². The normalized spacial score (nSPS) is 10.2. The smallest absolute Gasteiger partial charge is 0.257 e. The van der Waals surface area contributed by atoms with Gasteiger partial charge in [0.05, 0.1) is 7.11 Å². The SMILES string of the molecule is COc1cccc(Nc2ccc(NC(=O)c3ccccc3C)nn2)c1. The van der Waals surface area contributed by atoms with E-state index in [-0.39, 0.29) is 5.91 Å². The molecule has 0 saturated carbocycles. The van der Waals surface area contributed by atoms with E-state index >= 15 is 0 Å². The summed E-state index contributed by atoms with van der Waals surface area (Å²) in [5.41, 5.74) is 2.36. The number of aromatic nitrogens is 2. The van der Waals surface area contributed by atoms with Gasteiger partial charge in [0.15, 0.2) is 11.6 Å². The number of benzene rings is 2. The first kappa shape index (κ1) is 16.4. The van der Waals surface area contributed by atoms with Gasteiger partial charge in [0.2, 0.25) is 0 Å². The van der Waals surface area contributed by atoms with Gasteiger partial charge in [0, 0.05) is 17.3 Å². The molecule has 25 heavy (non-hydrogen) atoms. The molecule has 0 unspecified atom stereocenters. The number of hydrogen-bond donors (Lipinski definition) is 2. The molecule has 3 aromatic rings. The van der Waals surface area contributed by atoms with Crippen molar-refractivity contribution in [3.8, 4) is 5.75 Å². The van der Waals surface area contributed by atoms with E-state index in [0.717, 1.165) is 17.0 Å². The van der Waals surface area contributed by atoms with Crippen LogP contribution in [0.5, 0.6) is 5.75 Å². The molecule has 2 aromatic carbocycles. The molecule has 2 N–H and O–H groups in total. The zero-order chi connectivity index (χ0) is 17.6. The maximum atomic E-state index is 12.3. The number of carbonyl (C=O) groups excluding carboxylic acids is 1. The van der Waals surface area contributed by atoms with Gasteiger partial charge in [-0.25, -0.2) is 0 Å². The van der Waals surface area contributed by atoms with Gasteiger partial charge in [0.1, 0.15) is 5.75 Å². The predicted molar refractivity (Wildman–Crippen MR) is 97.4 cm³/mol. The number of nitrogens with one attached hydrogen (secondary N) is 2. The summed E-state index contributed by atoms with van der Waals surface area (Å²) in [5, 5.41) is 14.0. The average molecular weight is 334 g/mol. The van der Waals surface area contributed by atoms with Crippen LogP contribution < -0.4 is 15.4 Å². The van der Waals surface area contributed by atoms with Gasteiger partial charge >= 0.3 is 0 Å². The Morgan fingerprint density at radius 3 is 2.44 bits per heavy atom. The molecule has 0 bridgehead atoms. The zero-order valence-electron chi connectivity index (χ0n) is 14.0. The van der Waals surface area contributed by atoms with Crippen LogP contribution in [0.1, 0.15) is 15.9 Å². The van der Waals surface area contributed by atoms with Gasteiger partial charge < -0.3 is 15.4 Å². The van der Waals surface area contributed by atoms with Crippen LogP contribution in [0.3, 0.4) is 0 Å². The van der Waals surface area contributed by atoms with Crippen LogP contribution in [0.4, 0.5) is 17.3 Å². The number of carbonyl (C=O) groups is 1. The Hall–Kier alpha value is -3.41. The van der Waals surface area contributed by atoms with Crippen molar-refractivity contribution in [3.05, 3.63) is 71.8 Å². The number of rotatable bonds is 5. The highest BCUT2D eigenvalue weighted by molar-refractivity contribution is 6.04. The third kappa shape index (κ3) is 4.11. The summed E-state index contributed by atoms with van der Waals surface area (Å²) >= 11 is 0. The molecule has 0 aliphatic carbocycles. The van der Waals surface area contributed by atoms with Crippen molar-refractivity contribution in [1.29, 1.82) is 0 Å². The molecule has 1 aromatic heterocycles. The van der Waals surface area contributed by atoms with Gasteiger partial charge in [0.25, 0.3) is 5.91 Å². The molecule has 126 valence electrons. The van der Waals surface area contributed by atoms with Crippen LogP contribution in [-0.4, -0.2) is 23.2 Å². The van der Waals surface area contributed by atoms with Crippen LogP contribution in [0.15, 0.2) is 60.7 Å². The molecule has 0 spiro atoms. The summed E-state index contributed by atoms with van der Waals surface area (Å²) in [7, 11) is 1.62. The van der Waals surface area contributed by atoms with E-state index in [1.807, 2.05) is 49.4 Å². The molecule has 0 aliphatic heterocycles. The van der Waals surface area contributed by atoms with Crippen LogP contribution in [0.2, 0.25) is 0 Å². The van der Waals surface area contributed by atoms with E-state index in [9.17, 15) is 4.79 Å². The Kier molecular flexibility index (Phi) is 4.89. The fourth-order valence-electron chi connectivity index (χ4n) is 2.33. The fourth-order valence-corrected chi connectivity index (χ4v) is 2.33.